The minimum atomic E-state index is -0.420. The number of carbonyl (C=O) groups excluding carboxylic acids is 1. The van der Waals surface area contributed by atoms with E-state index in [-0.39, 0.29) is 24.1 Å². The standard InChI is InChI=1S/C22H26ClFN2O3/c1-28-21-8-6-16(14-19(21)24)7-9-22(27)25-15-20(26-10-12-29-13-11-26)17-4-2-3-5-18(17)23/h2-6,8,14,20H,7,9-13,15H2,1H3,(H,25,27). The summed E-state index contributed by atoms with van der Waals surface area (Å²) in [6, 6.07) is 12.5. The van der Waals surface area contributed by atoms with Gasteiger partial charge in [0.05, 0.1) is 26.4 Å². The summed E-state index contributed by atoms with van der Waals surface area (Å²) >= 11 is 6.42. The van der Waals surface area contributed by atoms with Crippen molar-refractivity contribution in [2.75, 3.05) is 40.0 Å². The van der Waals surface area contributed by atoms with Gasteiger partial charge in [0.15, 0.2) is 11.6 Å². The number of nitrogens with one attached hydrogen (secondary N) is 1. The molecule has 7 heteroatoms. The van der Waals surface area contributed by atoms with Gasteiger partial charge < -0.3 is 14.8 Å². The molecule has 1 N–H and O–H groups in total. The predicted molar refractivity (Wildman–Crippen MR) is 111 cm³/mol. The van der Waals surface area contributed by atoms with Crippen molar-refractivity contribution >= 4 is 17.5 Å². The molecule has 1 heterocycles. The van der Waals surface area contributed by atoms with Gasteiger partial charge in [-0.2, -0.15) is 0 Å². The Balaban J connectivity index is 1.59. The first-order chi connectivity index (χ1) is 14.1. The summed E-state index contributed by atoms with van der Waals surface area (Å²) in [7, 11) is 1.43. The van der Waals surface area contributed by atoms with Gasteiger partial charge in [-0.05, 0) is 35.7 Å². The predicted octanol–water partition coefficient (Wildman–Crippen LogP) is 3.61. The van der Waals surface area contributed by atoms with Crippen molar-refractivity contribution in [3.63, 3.8) is 0 Å². The van der Waals surface area contributed by atoms with Crippen LogP contribution in [0.15, 0.2) is 42.5 Å². The van der Waals surface area contributed by atoms with E-state index in [2.05, 4.69) is 10.2 Å². The third-order valence-electron chi connectivity index (χ3n) is 5.10. The number of rotatable bonds is 8. The van der Waals surface area contributed by atoms with Crippen LogP contribution in [-0.2, 0) is 16.0 Å². The first-order valence-electron chi connectivity index (χ1n) is 9.74. The molecule has 0 radical (unpaired) electrons. The molecule has 0 aliphatic carbocycles. The molecular formula is C22H26ClFN2O3. The third kappa shape index (κ3) is 5.92. The molecule has 1 saturated heterocycles. The molecule has 0 aromatic heterocycles. The Morgan fingerprint density at radius 1 is 1.28 bits per heavy atom. The Kier molecular flexibility index (Phi) is 7.86. The fourth-order valence-corrected chi connectivity index (χ4v) is 3.75. The molecule has 1 fully saturated rings. The van der Waals surface area contributed by atoms with Crippen molar-refractivity contribution in [1.29, 1.82) is 0 Å². The first-order valence-corrected chi connectivity index (χ1v) is 10.1. The van der Waals surface area contributed by atoms with E-state index in [9.17, 15) is 9.18 Å². The Bertz CT molecular complexity index is 827. The summed E-state index contributed by atoms with van der Waals surface area (Å²) in [4.78, 5) is 14.7. The Labute approximate surface area is 175 Å². The van der Waals surface area contributed by atoms with E-state index in [1.54, 1.807) is 12.1 Å². The molecule has 1 unspecified atom stereocenters. The number of morpholine rings is 1. The summed E-state index contributed by atoms with van der Waals surface area (Å²) < 4.78 is 24.2. The number of hydrogen-bond donors (Lipinski definition) is 1. The van der Waals surface area contributed by atoms with Gasteiger partial charge in [-0.3, -0.25) is 9.69 Å². The van der Waals surface area contributed by atoms with Crippen LogP contribution in [0.5, 0.6) is 5.75 Å². The highest BCUT2D eigenvalue weighted by Crippen LogP contribution is 2.28. The lowest BCUT2D eigenvalue weighted by atomic mass is 10.0. The molecule has 1 amide bonds. The van der Waals surface area contributed by atoms with E-state index in [0.717, 1.165) is 24.2 Å². The van der Waals surface area contributed by atoms with Gasteiger partial charge in [-0.1, -0.05) is 35.9 Å². The largest absolute Gasteiger partial charge is 0.494 e. The lowest BCUT2D eigenvalue weighted by molar-refractivity contribution is -0.121. The quantitative estimate of drug-likeness (QED) is 0.708. The van der Waals surface area contributed by atoms with Gasteiger partial charge in [0.2, 0.25) is 5.91 Å². The molecule has 5 nitrogen and oxygen atoms in total. The van der Waals surface area contributed by atoms with Gasteiger partial charge in [0.1, 0.15) is 0 Å². The molecule has 1 atom stereocenters. The van der Waals surface area contributed by atoms with Gasteiger partial charge >= 0.3 is 0 Å². The second-order valence-corrected chi connectivity index (χ2v) is 7.37. The van der Waals surface area contributed by atoms with Crippen LogP contribution in [0.2, 0.25) is 5.02 Å². The molecule has 3 rings (SSSR count). The second kappa shape index (κ2) is 10.6. The highest BCUT2D eigenvalue weighted by atomic mass is 35.5. The molecule has 29 heavy (non-hydrogen) atoms. The Morgan fingerprint density at radius 2 is 2.03 bits per heavy atom. The van der Waals surface area contributed by atoms with E-state index in [0.29, 0.717) is 31.2 Å². The number of amides is 1. The van der Waals surface area contributed by atoms with Crippen molar-refractivity contribution in [2.45, 2.75) is 18.9 Å². The molecule has 0 bridgehead atoms. The van der Waals surface area contributed by atoms with E-state index in [1.165, 1.54) is 13.2 Å². The number of ether oxygens (including phenoxy) is 2. The lowest BCUT2D eigenvalue weighted by Crippen LogP contribution is -2.44. The van der Waals surface area contributed by atoms with Crippen LogP contribution in [0.3, 0.4) is 0 Å². The molecule has 2 aromatic rings. The van der Waals surface area contributed by atoms with Gasteiger partial charge in [-0.25, -0.2) is 4.39 Å². The lowest BCUT2D eigenvalue weighted by Gasteiger charge is -2.35. The highest BCUT2D eigenvalue weighted by Gasteiger charge is 2.24. The Morgan fingerprint density at radius 3 is 2.72 bits per heavy atom. The number of carbonyl (C=O) groups is 1. The fourth-order valence-electron chi connectivity index (χ4n) is 3.49. The number of methoxy groups -OCH3 is 1. The third-order valence-corrected chi connectivity index (χ3v) is 5.44. The minimum Gasteiger partial charge on any atom is -0.494 e. The number of benzene rings is 2. The zero-order chi connectivity index (χ0) is 20.6. The maximum Gasteiger partial charge on any atom is 0.220 e. The maximum absolute atomic E-state index is 13.8. The second-order valence-electron chi connectivity index (χ2n) is 6.96. The van der Waals surface area contributed by atoms with Gasteiger partial charge in [0.25, 0.3) is 0 Å². The highest BCUT2D eigenvalue weighted by molar-refractivity contribution is 6.31. The SMILES string of the molecule is COc1ccc(CCC(=O)NCC(c2ccccc2Cl)N2CCOCC2)cc1F. The summed E-state index contributed by atoms with van der Waals surface area (Å²) in [6.45, 7) is 3.36. The van der Waals surface area contributed by atoms with Crippen LogP contribution in [0.1, 0.15) is 23.6 Å². The molecule has 1 aliphatic heterocycles. The van der Waals surface area contributed by atoms with Crippen LogP contribution in [0.4, 0.5) is 4.39 Å². The summed E-state index contributed by atoms with van der Waals surface area (Å²) in [5.41, 5.74) is 1.75. The van der Waals surface area contributed by atoms with Crippen molar-refractivity contribution in [2.24, 2.45) is 0 Å². The van der Waals surface area contributed by atoms with Crippen molar-refractivity contribution in [3.8, 4) is 5.75 Å². The average Bonchev–Trinajstić information content (AvgIpc) is 2.74. The van der Waals surface area contributed by atoms with Crippen LogP contribution in [-0.4, -0.2) is 50.8 Å². The summed E-state index contributed by atoms with van der Waals surface area (Å²) in [5, 5.41) is 3.70. The fraction of sp³-hybridized carbons (Fsp3) is 0.409. The number of aryl methyl sites for hydroxylation is 1. The first kappa shape index (κ1) is 21.6. The molecular weight excluding hydrogens is 395 g/mol. The average molecular weight is 421 g/mol. The topological polar surface area (TPSA) is 50.8 Å². The smallest absolute Gasteiger partial charge is 0.220 e. The molecule has 0 spiro atoms. The van der Waals surface area contributed by atoms with E-state index < -0.39 is 5.82 Å². The molecule has 2 aromatic carbocycles. The van der Waals surface area contributed by atoms with Crippen molar-refractivity contribution in [1.82, 2.24) is 10.2 Å². The summed E-state index contributed by atoms with van der Waals surface area (Å²) in [6.07, 6.45) is 0.741. The van der Waals surface area contributed by atoms with E-state index in [4.69, 9.17) is 21.1 Å². The maximum atomic E-state index is 13.8. The van der Waals surface area contributed by atoms with E-state index in [1.807, 2.05) is 24.3 Å². The normalized spacial score (nSPS) is 15.7. The van der Waals surface area contributed by atoms with Crippen LogP contribution in [0, 0.1) is 5.82 Å². The van der Waals surface area contributed by atoms with Crippen LogP contribution >= 0.6 is 11.6 Å². The van der Waals surface area contributed by atoms with Crippen LogP contribution < -0.4 is 10.1 Å². The van der Waals surface area contributed by atoms with Gasteiger partial charge in [0, 0.05) is 31.1 Å². The molecule has 0 saturated carbocycles. The van der Waals surface area contributed by atoms with Gasteiger partial charge in [-0.15, -0.1) is 0 Å². The number of nitrogens with zero attached hydrogens (tertiary/aromatic N) is 1. The Hall–Kier alpha value is -2.15. The van der Waals surface area contributed by atoms with Crippen molar-refractivity contribution in [3.05, 3.63) is 64.4 Å². The summed E-state index contributed by atoms with van der Waals surface area (Å²) in [5.74, 6) is -0.297. The van der Waals surface area contributed by atoms with Crippen LogP contribution in [0.25, 0.3) is 0 Å². The zero-order valence-electron chi connectivity index (χ0n) is 16.5. The van der Waals surface area contributed by atoms with Crippen molar-refractivity contribution < 1.29 is 18.7 Å². The number of hydrogen-bond acceptors (Lipinski definition) is 4. The zero-order valence-corrected chi connectivity index (χ0v) is 17.3. The number of halogens is 2. The minimum absolute atomic E-state index is 0.0185. The molecule has 1 aliphatic rings. The molecule has 156 valence electrons. The monoisotopic (exact) mass is 420 g/mol. The van der Waals surface area contributed by atoms with E-state index >= 15 is 0 Å².